The smallest absolute Gasteiger partial charge is 0.174 e. The topological polar surface area (TPSA) is 55.5 Å². The Kier molecular flexibility index (Phi) is 5.64. The van der Waals surface area contributed by atoms with Gasteiger partial charge >= 0.3 is 0 Å². The van der Waals surface area contributed by atoms with Crippen LogP contribution in [0.3, 0.4) is 0 Å². The van der Waals surface area contributed by atoms with Gasteiger partial charge in [-0.05, 0) is 86.2 Å². The van der Waals surface area contributed by atoms with Crippen LogP contribution in [0.2, 0.25) is 0 Å². The lowest BCUT2D eigenvalue weighted by Crippen LogP contribution is -2.29. The zero-order chi connectivity index (χ0) is 22.9. The zero-order valence-electron chi connectivity index (χ0n) is 18.9. The van der Waals surface area contributed by atoms with Crippen LogP contribution in [0.4, 0.5) is 5.69 Å². The molecule has 4 heterocycles. The lowest BCUT2D eigenvalue weighted by Gasteiger charge is -2.28. The summed E-state index contributed by atoms with van der Waals surface area (Å²) in [5, 5.41) is 4.21. The normalized spacial score (nSPS) is 17.9. The van der Waals surface area contributed by atoms with Gasteiger partial charge in [0.05, 0.1) is 37.7 Å². The van der Waals surface area contributed by atoms with Crippen molar-refractivity contribution in [1.82, 2.24) is 14.9 Å². The molecule has 3 aromatic heterocycles. The lowest BCUT2D eigenvalue weighted by molar-refractivity contribution is 0.415. The Hall–Kier alpha value is -3.58. The highest BCUT2D eigenvalue weighted by atomic mass is 32.1. The maximum Gasteiger partial charge on any atom is 0.174 e. The third-order valence-electron chi connectivity index (χ3n) is 6.27. The van der Waals surface area contributed by atoms with Crippen molar-refractivity contribution in [3.63, 3.8) is 0 Å². The molecule has 0 unspecified atom stereocenters. The number of nitrogens with one attached hydrogen (secondary N) is 1. The summed E-state index contributed by atoms with van der Waals surface area (Å²) in [6.07, 6.45) is 3.54. The summed E-state index contributed by atoms with van der Waals surface area (Å²) in [6.45, 7) is 4.98. The van der Waals surface area contributed by atoms with Crippen molar-refractivity contribution in [1.29, 1.82) is 0 Å². The van der Waals surface area contributed by atoms with Crippen LogP contribution in [0.1, 0.15) is 40.5 Å². The molecule has 168 valence electrons. The fourth-order valence-corrected chi connectivity index (χ4v) is 4.97. The minimum Gasteiger partial charge on any atom is -0.497 e. The second-order valence-corrected chi connectivity index (χ2v) is 8.57. The van der Waals surface area contributed by atoms with Crippen LogP contribution in [0.15, 0.2) is 77.5 Å². The molecule has 33 heavy (non-hydrogen) atoms. The largest absolute Gasteiger partial charge is 0.497 e. The van der Waals surface area contributed by atoms with Crippen molar-refractivity contribution in [2.24, 2.45) is 0 Å². The van der Waals surface area contributed by atoms with Gasteiger partial charge in [-0.2, -0.15) is 0 Å². The van der Waals surface area contributed by atoms with Crippen LogP contribution in [-0.2, 0) is 6.54 Å². The number of methoxy groups -OCH3 is 1. The molecular formula is C26H26N4O2S. The minimum atomic E-state index is -0.0848. The molecule has 6 nitrogen and oxygen atoms in total. The number of thiocarbonyl (C=S) groups is 1. The number of nitrogens with zero attached hydrogens (tertiary/aromatic N) is 3. The summed E-state index contributed by atoms with van der Waals surface area (Å²) in [6, 6.07) is 20.0. The van der Waals surface area contributed by atoms with E-state index < -0.39 is 0 Å². The molecule has 1 N–H and O–H groups in total. The number of aromatic nitrogens is 2. The summed E-state index contributed by atoms with van der Waals surface area (Å²) in [7, 11) is 1.67. The Labute approximate surface area is 198 Å². The summed E-state index contributed by atoms with van der Waals surface area (Å²) in [5.41, 5.74) is 5.52. The fourth-order valence-electron chi connectivity index (χ4n) is 4.62. The van der Waals surface area contributed by atoms with E-state index in [1.165, 1.54) is 17.0 Å². The van der Waals surface area contributed by atoms with E-state index in [0.717, 1.165) is 22.9 Å². The van der Waals surface area contributed by atoms with E-state index in [0.29, 0.717) is 11.7 Å². The Morgan fingerprint density at radius 2 is 1.91 bits per heavy atom. The van der Waals surface area contributed by atoms with Gasteiger partial charge in [-0.3, -0.25) is 4.98 Å². The molecular weight excluding hydrogens is 432 g/mol. The molecule has 0 saturated carbocycles. The molecule has 0 bridgehead atoms. The number of ether oxygens (including phenoxy) is 1. The van der Waals surface area contributed by atoms with Crippen molar-refractivity contribution in [2.75, 3.05) is 12.0 Å². The number of rotatable bonds is 6. The molecule has 2 atom stereocenters. The number of hydrogen-bond donors (Lipinski definition) is 1. The van der Waals surface area contributed by atoms with E-state index in [2.05, 4.69) is 39.7 Å². The first kappa shape index (κ1) is 21.3. The Bertz CT molecular complexity index is 1250. The molecule has 1 aromatic carbocycles. The monoisotopic (exact) mass is 458 g/mol. The number of aryl methyl sites for hydroxylation is 1. The highest BCUT2D eigenvalue weighted by Gasteiger charge is 2.42. The van der Waals surface area contributed by atoms with Crippen molar-refractivity contribution < 1.29 is 9.15 Å². The molecule has 0 spiro atoms. The molecule has 4 aromatic rings. The van der Waals surface area contributed by atoms with Crippen molar-refractivity contribution in [2.45, 2.75) is 32.5 Å². The van der Waals surface area contributed by atoms with Gasteiger partial charge in [0.1, 0.15) is 11.5 Å². The van der Waals surface area contributed by atoms with Gasteiger partial charge in [0.25, 0.3) is 0 Å². The number of hydrogen-bond acceptors (Lipinski definition) is 4. The first-order chi connectivity index (χ1) is 16.1. The molecule has 1 fully saturated rings. The summed E-state index contributed by atoms with van der Waals surface area (Å²) < 4.78 is 13.3. The first-order valence-corrected chi connectivity index (χ1v) is 11.3. The van der Waals surface area contributed by atoms with Gasteiger partial charge in [-0.1, -0.05) is 6.07 Å². The molecule has 1 aliphatic rings. The third kappa shape index (κ3) is 3.89. The Balaban J connectivity index is 1.61. The molecule has 0 amide bonds. The second-order valence-electron chi connectivity index (χ2n) is 8.19. The number of anilines is 1. The number of furan rings is 1. The SMILES string of the molecule is COc1ccc(N2C(=S)N[C@@H](c3ccccn3)[C@@H]2c2cc(C)n(Cc3ccco3)c2C)cc1. The molecule has 0 radical (unpaired) electrons. The van der Waals surface area contributed by atoms with Gasteiger partial charge in [0, 0.05) is 23.3 Å². The number of benzene rings is 1. The van der Waals surface area contributed by atoms with Crippen LogP contribution >= 0.6 is 12.2 Å². The fraction of sp³-hybridized carbons (Fsp3) is 0.231. The highest BCUT2D eigenvalue weighted by molar-refractivity contribution is 7.80. The van der Waals surface area contributed by atoms with Crippen molar-refractivity contribution in [3.05, 3.63) is 102 Å². The van der Waals surface area contributed by atoms with Gasteiger partial charge in [0.15, 0.2) is 5.11 Å². The standard InChI is InChI=1S/C26H26N4O2S/c1-17-15-22(18(2)29(17)16-21-7-6-14-32-21)25-24(23-8-4-5-13-27-23)28-26(33)30(25)19-9-11-20(31-3)12-10-19/h4-15,24-25H,16H2,1-3H3,(H,28,33)/t24-,25-/m0/s1. The highest BCUT2D eigenvalue weighted by Crippen LogP contribution is 2.43. The molecule has 0 aliphatic carbocycles. The van der Waals surface area contributed by atoms with Gasteiger partial charge in [-0.25, -0.2) is 0 Å². The maximum absolute atomic E-state index is 5.85. The lowest BCUT2D eigenvalue weighted by atomic mass is 9.96. The van der Waals surface area contributed by atoms with Gasteiger partial charge < -0.3 is 23.9 Å². The summed E-state index contributed by atoms with van der Waals surface area (Å²) >= 11 is 5.85. The van der Waals surface area contributed by atoms with E-state index in [-0.39, 0.29) is 12.1 Å². The van der Waals surface area contributed by atoms with E-state index >= 15 is 0 Å². The molecule has 1 aliphatic heterocycles. The Morgan fingerprint density at radius 1 is 1.09 bits per heavy atom. The van der Waals surface area contributed by atoms with Crippen LogP contribution in [-0.4, -0.2) is 21.8 Å². The minimum absolute atomic E-state index is 0.0580. The number of pyridine rings is 1. The molecule has 5 rings (SSSR count). The van der Waals surface area contributed by atoms with Gasteiger partial charge in [-0.15, -0.1) is 0 Å². The summed E-state index contributed by atoms with van der Waals surface area (Å²) in [4.78, 5) is 6.84. The maximum atomic E-state index is 5.85. The predicted molar refractivity (Wildman–Crippen MR) is 133 cm³/mol. The molecule has 7 heteroatoms. The Morgan fingerprint density at radius 3 is 2.58 bits per heavy atom. The van der Waals surface area contributed by atoms with Crippen LogP contribution in [0.25, 0.3) is 0 Å². The van der Waals surface area contributed by atoms with Crippen LogP contribution in [0, 0.1) is 13.8 Å². The molecule has 1 saturated heterocycles. The zero-order valence-corrected chi connectivity index (χ0v) is 19.7. The van der Waals surface area contributed by atoms with Crippen molar-refractivity contribution in [3.8, 4) is 5.75 Å². The van der Waals surface area contributed by atoms with Crippen LogP contribution in [0.5, 0.6) is 5.75 Å². The van der Waals surface area contributed by atoms with Crippen LogP contribution < -0.4 is 15.0 Å². The quantitative estimate of drug-likeness (QED) is 0.394. The van der Waals surface area contributed by atoms with E-state index in [4.69, 9.17) is 21.4 Å². The average Bonchev–Trinajstić information content (AvgIpc) is 3.54. The average molecular weight is 459 g/mol. The predicted octanol–water partition coefficient (Wildman–Crippen LogP) is 5.33. The van der Waals surface area contributed by atoms with E-state index in [1.807, 2.05) is 60.8 Å². The van der Waals surface area contributed by atoms with Crippen molar-refractivity contribution >= 4 is 23.0 Å². The van der Waals surface area contributed by atoms with E-state index in [9.17, 15) is 0 Å². The van der Waals surface area contributed by atoms with Gasteiger partial charge in [0.2, 0.25) is 0 Å². The summed E-state index contributed by atoms with van der Waals surface area (Å²) in [5.74, 6) is 1.74. The van der Waals surface area contributed by atoms with E-state index in [1.54, 1.807) is 13.4 Å². The first-order valence-electron chi connectivity index (χ1n) is 10.9. The second kappa shape index (κ2) is 8.75. The third-order valence-corrected chi connectivity index (χ3v) is 6.59.